The second-order valence-corrected chi connectivity index (χ2v) is 12.1. The Morgan fingerprint density at radius 2 is 1.95 bits per heavy atom. The number of nitrogens with one attached hydrogen (secondary N) is 1. The van der Waals surface area contributed by atoms with Gasteiger partial charge in [-0.25, -0.2) is 19.2 Å². The van der Waals surface area contributed by atoms with Crippen molar-refractivity contribution in [2.24, 2.45) is 11.8 Å². The Labute approximate surface area is 236 Å². The summed E-state index contributed by atoms with van der Waals surface area (Å²) < 4.78 is 26.6. The van der Waals surface area contributed by atoms with Crippen LogP contribution in [0.15, 0.2) is 24.5 Å². The first kappa shape index (κ1) is 27.1. The fourth-order valence-corrected chi connectivity index (χ4v) is 5.92. The number of benzene rings is 1. The predicted octanol–water partition coefficient (Wildman–Crippen LogP) is 5.49. The molecule has 216 valence electrons. The largest absolute Gasteiger partial charge is 0.443 e. The lowest BCUT2D eigenvalue weighted by Crippen LogP contribution is -2.35. The fraction of sp³-hybridized carbons (Fsp3) is 0.483. The van der Waals surface area contributed by atoms with Crippen LogP contribution in [0.1, 0.15) is 59.4 Å². The molecule has 1 aliphatic carbocycles. The number of aromatic amines is 1. The lowest BCUT2D eigenvalue weighted by molar-refractivity contribution is 0.0589. The molecule has 4 aromatic rings. The van der Waals surface area contributed by atoms with Gasteiger partial charge in [0, 0.05) is 25.0 Å². The molecule has 1 saturated heterocycles. The monoisotopic (exact) mass is 563 g/mol. The summed E-state index contributed by atoms with van der Waals surface area (Å²) in [6, 6.07) is 3.11. The number of halogens is 1. The van der Waals surface area contributed by atoms with Crippen molar-refractivity contribution in [3.8, 4) is 11.8 Å². The Kier molecular flexibility index (Phi) is 6.48. The number of amides is 1. The number of anilines is 2. The number of H-pyrrole nitrogens is 1. The fourth-order valence-electron chi connectivity index (χ4n) is 5.92. The molecule has 12 heteroatoms. The van der Waals surface area contributed by atoms with Crippen LogP contribution in [0.2, 0.25) is 0 Å². The molecule has 1 unspecified atom stereocenters. The van der Waals surface area contributed by atoms with E-state index in [-0.39, 0.29) is 11.8 Å². The number of aliphatic hydroxyl groups is 1. The highest BCUT2D eigenvalue weighted by atomic mass is 19.1. The summed E-state index contributed by atoms with van der Waals surface area (Å²) in [7, 11) is 1.55. The number of aliphatic hydroxyl groups excluding tert-OH is 1. The molecule has 3 aromatic heterocycles. The smallest absolute Gasteiger partial charge is 0.414 e. The minimum atomic E-state index is -0.809. The minimum Gasteiger partial charge on any atom is -0.443 e. The van der Waals surface area contributed by atoms with Crippen molar-refractivity contribution in [3.63, 3.8) is 0 Å². The van der Waals surface area contributed by atoms with E-state index in [9.17, 15) is 9.90 Å². The number of fused-ring (bicyclic) bond motifs is 5. The van der Waals surface area contributed by atoms with Gasteiger partial charge in [0.2, 0.25) is 0 Å². The zero-order valence-electron chi connectivity index (χ0n) is 24.0. The molecule has 2 fully saturated rings. The van der Waals surface area contributed by atoms with Crippen LogP contribution in [0, 0.1) is 17.7 Å². The topological polar surface area (TPSA) is 130 Å². The van der Waals surface area contributed by atoms with Crippen LogP contribution in [-0.2, 0) is 4.74 Å². The quantitative estimate of drug-likeness (QED) is 0.324. The number of hydrogen-bond acceptors (Lipinski definition) is 9. The molecule has 1 aromatic carbocycles. The molecule has 11 nitrogen and oxygen atoms in total. The van der Waals surface area contributed by atoms with Gasteiger partial charge in [0.15, 0.2) is 11.6 Å². The summed E-state index contributed by atoms with van der Waals surface area (Å²) >= 11 is 0. The first-order valence-electron chi connectivity index (χ1n) is 13.8. The van der Waals surface area contributed by atoms with E-state index in [0.717, 1.165) is 19.4 Å². The van der Waals surface area contributed by atoms with Crippen LogP contribution >= 0.6 is 0 Å². The molecule has 2 N–H and O–H groups in total. The van der Waals surface area contributed by atoms with E-state index in [0.29, 0.717) is 57.1 Å². The molecule has 6 rings (SSSR count). The van der Waals surface area contributed by atoms with Crippen LogP contribution in [0.5, 0.6) is 11.8 Å². The van der Waals surface area contributed by atoms with Crippen molar-refractivity contribution < 1.29 is 23.8 Å². The van der Waals surface area contributed by atoms with Crippen molar-refractivity contribution >= 4 is 39.5 Å². The average molecular weight is 564 g/mol. The SMILES string of the molecule is CC(O)c1ncc(Oc2nc(N3C[C@H]4C[C@@H]3C[C@H]4C)c3c(n2)[nH]c2c(N(C)C(=O)OC(C)(C)C)cc(F)cc23)cn1. The second-order valence-electron chi connectivity index (χ2n) is 12.1. The van der Waals surface area contributed by atoms with Gasteiger partial charge in [-0.05, 0) is 64.5 Å². The van der Waals surface area contributed by atoms with Crippen molar-refractivity contribution in [1.29, 1.82) is 0 Å². The Bertz CT molecular complexity index is 1630. The van der Waals surface area contributed by atoms with Gasteiger partial charge >= 0.3 is 12.1 Å². The first-order valence-corrected chi connectivity index (χ1v) is 13.8. The van der Waals surface area contributed by atoms with Gasteiger partial charge in [-0.1, -0.05) is 6.92 Å². The van der Waals surface area contributed by atoms with Crippen molar-refractivity contribution in [1.82, 2.24) is 24.9 Å². The van der Waals surface area contributed by atoms with E-state index in [2.05, 4.69) is 31.8 Å². The Hall–Kier alpha value is -4.06. The highest BCUT2D eigenvalue weighted by molar-refractivity contribution is 6.16. The van der Waals surface area contributed by atoms with Gasteiger partial charge in [0.1, 0.15) is 29.0 Å². The summed E-state index contributed by atoms with van der Waals surface area (Å²) in [4.78, 5) is 37.5. The van der Waals surface area contributed by atoms with Gasteiger partial charge in [-0.2, -0.15) is 9.97 Å². The van der Waals surface area contributed by atoms with E-state index >= 15 is 4.39 Å². The molecular formula is C29H34FN7O4. The number of piperidine rings is 1. The zero-order valence-corrected chi connectivity index (χ0v) is 24.0. The molecule has 2 bridgehead atoms. The summed E-state index contributed by atoms with van der Waals surface area (Å²) in [5.74, 6) is 1.91. The zero-order chi connectivity index (χ0) is 29.2. The molecule has 0 spiro atoms. The lowest BCUT2D eigenvalue weighted by atomic mass is 9.97. The predicted molar refractivity (Wildman–Crippen MR) is 152 cm³/mol. The molecular weight excluding hydrogens is 529 g/mol. The van der Waals surface area contributed by atoms with E-state index in [1.165, 1.54) is 29.4 Å². The Morgan fingerprint density at radius 1 is 1.22 bits per heavy atom. The van der Waals surface area contributed by atoms with Crippen LogP contribution in [-0.4, -0.2) is 61.4 Å². The Morgan fingerprint density at radius 3 is 2.56 bits per heavy atom. The van der Waals surface area contributed by atoms with Gasteiger partial charge in [0.25, 0.3) is 0 Å². The van der Waals surface area contributed by atoms with Gasteiger partial charge in [-0.15, -0.1) is 0 Å². The number of nitrogens with zero attached hydrogens (tertiary/aromatic N) is 6. The van der Waals surface area contributed by atoms with Gasteiger partial charge in [0.05, 0.1) is 29.0 Å². The van der Waals surface area contributed by atoms with Crippen LogP contribution in [0.25, 0.3) is 21.9 Å². The third-order valence-electron chi connectivity index (χ3n) is 7.89. The normalized spacial score (nSPS) is 21.1. The second kappa shape index (κ2) is 9.79. The third kappa shape index (κ3) is 5.01. The molecule has 41 heavy (non-hydrogen) atoms. The van der Waals surface area contributed by atoms with Gasteiger partial charge in [-0.3, -0.25) is 4.90 Å². The number of rotatable bonds is 5. The van der Waals surface area contributed by atoms with E-state index in [1.54, 1.807) is 34.7 Å². The summed E-state index contributed by atoms with van der Waals surface area (Å²) in [5, 5.41) is 11.0. The molecule has 2 aliphatic rings. The number of hydrogen-bond donors (Lipinski definition) is 2. The average Bonchev–Trinajstić information content (AvgIpc) is 3.58. The highest BCUT2D eigenvalue weighted by Crippen LogP contribution is 2.47. The molecule has 1 saturated carbocycles. The highest BCUT2D eigenvalue weighted by Gasteiger charge is 2.44. The third-order valence-corrected chi connectivity index (χ3v) is 7.89. The van der Waals surface area contributed by atoms with Crippen LogP contribution in [0.3, 0.4) is 0 Å². The molecule has 0 radical (unpaired) electrons. The van der Waals surface area contributed by atoms with E-state index in [4.69, 9.17) is 14.5 Å². The molecule has 4 atom stereocenters. The van der Waals surface area contributed by atoms with Crippen LogP contribution in [0.4, 0.5) is 20.7 Å². The maximum atomic E-state index is 15.1. The minimum absolute atomic E-state index is 0.0748. The number of aromatic nitrogens is 5. The number of carbonyl (C=O) groups excluding carboxylic acids is 1. The lowest BCUT2D eigenvalue weighted by Gasteiger charge is -2.31. The standard InChI is InChI=1S/C29H34FN7O4/c1-14-7-18-8-16(14)13-37(18)26-22-20-9-17(30)10-21(36(6)28(39)41-29(3,4)5)23(20)33-25(22)34-27(35-26)40-19-11-31-24(15(2)38)32-12-19/h9-12,14-16,18,38H,7-8,13H2,1-6H3,(H,33,34,35)/t14-,15?,16-,18+/m1/s1. The van der Waals surface area contributed by atoms with E-state index in [1.807, 2.05) is 0 Å². The molecule has 1 amide bonds. The van der Waals surface area contributed by atoms with Crippen LogP contribution < -0.4 is 14.5 Å². The number of carbonyl (C=O) groups is 1. The maximum absolute atomic E-state index is 15.1. The Balaban J connectivity index is 1.49. The number of ether oxygens (including phenoxy) is 2. The van der Waals surface area contributed by atoms with E-state index < -0.39 is 23.6 Å². The first-order chi connectivity index (χ1) is 19.4. The maximum Gasteiger partial charge on any atom is 0.414 e. The van der Waals surface area contributed by atoms with Crippen molar-refractivity contribution in [2.45, 2.75) is 65.2 Å². The van der Waals surface area contributed by atoms with Crippen molar-refractivity contribution in [3.05, 3.63) is 36.2 Å². The van der Waals surface area contributed by atoms with Crippen molar-refractivity contribution in [2.75, 3.05) is 23.4 Å². The summed E-state index contributed by atoms with van der Waals surface area (Å²) in [6.07, 6.45) is 3.61. The van der Waals surface area contributed by atoms with Gasteiger partial charge < -0.3 is 24.5 Å². The molecule has 1 aliphatic heterocycles. The summed E-state index contributed by atoms with van der Waals surface area (Å²) in [6.45, 7) is 10.0. The molecule has 4 heterocycles. The summed E-state index contributed by atoms with van der Waals surface area (Å²) in [5.41, 5.74) is 0.581.